The number of halogens is 3. The zero-order chi connectivity index (χ0) is 17.7. The van der Waals surface area contributed by atoms with Crippen molar-refractivity contribution < 1.29 is 22.8 Å². The van der Waals surface area contributed by atoms with E-state index in [-0.39, 0.29) is 18.2 Å². The van der Waals surface area contributed by atoms with Crippen molar-refractivity contribution in [3.05, 3.63) is 29.8 Å². The van der Waals surface area contributed by atoms with Crippen LogP contribution in [0.5, 0.6) is 0 Å². The number of benzene rings is 1. The van der Waals surface area contributed by atoms with Crippen LogP contribution in [-0.4, -0.2) is 49.4 Å². The van der Waals surface area contributed by atoms with E-state index in [9.17, 15) is 22.8 Å². The maximum absolute atomic E-state index is 12.8. The molecular formula is C16H20F3N3O2. The van der Waals surface area contributed by atoms with E-state index >= 15 is 0 Å². The third-order valence-electron chi connectivity index (χ3n) is 3.88. The fourth-order valence-electron chi connectivity index (χ4n) is 2.63. The van der Waals surface area contributed by atoms with Crippen molar-refractivity contribution in [3.8, 4) is 0 Å². The summed E-state index contributed by atoms with van der Waals surface area (Å²) in [5.74, 6) is -0.697. The van der Waals surface area contributed by atoms with Crippen molar-refractivity contribution in [2.75, 3.05) is 37.6 Å². The van der Waals surface area contributed by atoms with Crippen molar-refractivity contribution in [3.63, 3.8) is 0 Å². The predicted molar refractivity (Wildman–Crippen MR) is 83.5 cm³/mol. The molecular weight excluding hydrogens is 323 g/mol. The highest BCUT2D eigenvalue weighted by Gasteiger charge is 2.31. The molecule has 1 aliphatic heterocycles. The Labute approximate surface area is 138 Å². The van der Waals surface area contributed by atoms with Crippen molar-refractivity contribution in [2.24, 2.45) is 0 Å². The van der Waals surface area contributed by atoms with Gasteiger partial charge in [0.25, 0.3) is 0 Å². The van der Waals surface area contributed by atoms with Gasteiger partial charge in [-0.05, 0) is 18.2 Å². The molecule has 1 aliphatic rings. The highest BCUT2D eigenvalue weighted by atomic mass is 19.4. The molecule has 1 saturated heterocycles. The van der Waals surface area contributed by atoms with Crippen LogP contribution in [0, 0.1) is 0 Å². The molecule has 1 aromatic rings. The topological polar surface area (TPSA) is 52.7 Å². The Bertz CT molecular complexity index is 596. The second-order valence-corrected chi connectivity index (χ2v) is 5.73. The summed E-state index contributed by atoms with van der Waals surface area (Å²) in [5, 5.41) is 2.22. The van der Waals surface area contributed by atoms with E-state index < -0.39 is 11.7 Å². The third-order valence-corrected chi connectivity index (χ3v) is 3.88. The van der Waals surface area contributed by atoms with E-state index in [4.69, 9.17) is 0 Å². The molecule has 0 bridgehead atoms. The van der Waals surface area contributed by atoms with Crippen LogP contribution in [0.3, 0.4) is 0 Å². The molecule has 1 fully saturated rings. The van der Waals surface area contributed by atoms with E-state index in [1.165, 1.54) is 13.0 Å². The number of rotatable bonds is 4. The SMILES string of the molecule is CC(=O)NC(=O)CCN1CCN(c2cccc(C(F)(F)F)c2)CC1. The molecule has 0 aromatic heterocycles. The lowest BCUT2D eigenvalue weighted by Gasteiger charge is -2.36. The Morgan fingerprint density at radius 2 is 1.83 bits per heavy atom. The normalized spacial score (nSPS) is 16.1. The van der Waals surface area contributed by atoms with Crippen molar-refractivity contribution in [1.82, 2.24) is 10.2 Å². The molecule has 0 spiro atoms. The Morgan fingerprint density at radius 1 is 1.17 bits per heavy atom. The fraction of sp³-hybridized carbons (Fsp3) is 0.500. The number of carbonyl (C=O) groups excluding carboxylic acids is 2. The van der Waals surface area contributed by atoms with Gasteiger partial charge in [0.2, 0.25) is 11.8 Å². The van der Waals surface area contributed by atoms with Gasteiger partial charge in [-0.25, -0.2) is 0 Å². The van der Waals surface area contributed by atoms with Gasteiger partial charge in [0.05, 0.1) is 5.56 Å². The van der Waals surface area contributed by atoms with Crippen molar-refractivity contribution >= 4 is 17.5 Å². The summed E-state index contributed by atoms with van der Waals surface area (Å²) in [7, 11) is 0. The minimum atomic E-state index is -4.35. The summed E-state index contributed by atoms with van der Waals surface area (Å²) in [5.41, 5.74) is -0.0952. The average molecular weight is 343 g/mol. The van der Waals surface area contributed by atoms with Gasteiger partial charge in [0.1, 0.15) is 0 Å². The molecule has 2 amide bonds. The van der Waals surface area contributed by atoms with Crippen LogP contribution in [0.15, 0.2) is 24.3 Å². The lowest BCUT2D eigenvalue weighted by molar-refractivity contribution is -0.137. The first-order valence-corrected chi connectivity index (χ1v) is 7.70. The van der Waals surface area contributed by atoms with E-state index in [0.717, 1.165) is 12.1 Å². The maximum atomic E-state index is 12.8. The second kappa shape index (κ2) is 7.65. The van der Waals surface area contributed by atoms with Crippen LogP contribution in [0.4, 0.5) is 18.9 Å². The molecule has 1 heterocycles. The van der Waals surface area contributed by atoms with E-state index in [1.807, 2.05) is 4.90 Å². The number of anilines is 1. The zero-order valence-electron chi connectivity index (χ0n) is 13.4. The number of carbonyl (C=O) groups is 2. The smallest absolute Gasteiger partial charge is 0.369 e. The van der Waals surface area contributed by atoms with Crippen LogP contribution in [-0.2, 0) is 15.8 Å². The Kier molecular flexibility index (Phi) is 5.82. The Hall–Kier alpha value is -2.09. The van der Waals surface area contributed by atoms with E-state index in [2.05, 4.69) is 10.2 Å². The fourth-order valence-corrected chi connectivity index (χ4v) is 2.63. The molecule has 1 aromatic carbocycles. The van der Waals surface area contributed by atoms with Crippen LogP contribution in [0.2, 0.25) is 0 Å². The van der Waals surface area contributed by atoms with Gasteiger partial charge >= 0.3 is 6.18 Å². The molecule has 5 nitrogen and oxygen atoms in total. The van der Waals surface area contributed by atoms with Crippen LogP contribution < -0.4 is 10.2 Å². The highest BCUT2D eigenvalue weighted by Crippen LogP contribution is 2.31. The van der Waals surface area contributed by atoms with Gasteiger partial charge < -0.3 is 4.90 Å². The van der Waals surface area contributed by atoms with Gasteiger partial charge in [-0.3, -0.25) is 19.8 Å². The predicted octanol–water partition coefficient (Wildman–Crippen LogP) is 1.88. The number of amides is 2. The molecule has 0 saturated carbocycles. The molecule has 1 N–H and O–H groups in total. The monoisotopic (exact) mass is 343 g/mol. The van der Waals surface area contributed by atoms with Crippen molar-refractivity contribution in [2.45, 2.75) is 19.5 Å². The van der Waals surface area contributed by atoms with Gasteiger partial charge in [-0.1, -0.05) is 6.07 Å². The molecule has 0 atom stereocenters. The number of hydrogen-bond acceptors (Lipinski definition) is 4. The molecule has 0 radical (unpaired) electrons. The molecule has 0 unspecified atom stereocenters. The molecule has 8 heteroatoms. The van der Waals surface area contributed by atoms with Crippen molar-refractivity contribution in [1.29, 1.82) is 0 Å². The summed E-state index contributed by atoms with van der Waals surface area (Å²) in [6.45, 7) is 4.31. The molecule has 24 heavy (non-hydrogen) atoms. The average Bonchev–Trinajstić information content (AvgIpc) is 2.52. The highest BCUT2D eigenvalue weighted by molar-refractivity contribution is 5.93. The van der Waals surface area contributed by atoms with E-state index in [0.29, 0.717) is 38.4 Å². The first-order chi connectivity index (χ1) is 11.3. The molecule has 0 aliphatic carbocycles. The van der Waals surface area contributed by atoms with Gasteiger partial charge in [0.15, 0.2) is 0 Å². The quantitative estimate of drug-likeness (QED) is 0.907. The summed E-state index contributed by atoms with van der Waals surface area (Å²) in [6.07, 6.45) is -4.12. The minimum Gasteiger partial charge on any atom is -0.369 e. The Balaban J connectivity index is 1.85. The molecule has 2 rings (SSSR count). The van der Waals surface area contributed by atoms with Gasteiger partial charge in [-0.2, -0.15) is 13.2 Å². The number of nitrogens with one attached hydrogen (secondary N) is 1. The largest absolute Gasteiger partial charge is 0.416 e. The zero-order valence-corrected chi connectivity index (χ0v) is 13.4. The standard InChI is InChI=1S/C16H20F3N3O2/c1-12(23)20-15(24)5-6-21-7-9-22(10-8-21)14-4-2-3-13(11-14)16(17,18)19/h2-4,11H,5-10H2,1H3,(H,20,23,24). The second-order valence-electron chi connectivity index (χ2n) is 5.73. The lowest BCUT2D eigenvalue weighted by atomic mass is 10.1. The van der Waals surface area contributed by atoms with E-state index in [1.54, 1.807) is 6.07 Å². The first kappa shape index (κ1) is 18.3. The number of nitrogens with zero attached hydrogens (tertiary/aromatic N) is 2. The van der Waals surface area contributed by atoms with Crippen LogP contribution >= 0.6 is 0 Å². The number of hydrogen-bond donors (Lipinski definition) is 1. The molecule has 132 valence electrons. The van der Waals surface area contributed by atoms with Crippen LogP contribution in [0.25, 0.3) is 0 Å². The van der Waals surface area contributed by atoms with Crippen LogP contribution in [0.1, 0.15) is 18.9 Å². The third kappa shape index (κ3) is 5.23. The maximum Gasteiger partial charge on any atom is 0.416 e. The van der Waals surface area contributed by atoms with Gasteiger partial charge in [0, 0.05) is 51.8 Å². The number of alkyl halides is 3. The summed E-state index contributed by atoms with van der Waals surface area (Å²) in [6, 6.07) is 5.31. The minimum absolute atomic E-state index is 0.225. The van der Waals surface area contributed by atoms with Gasteiger partial charge in [-0.15, -0.1) is 0 Å². The number of imide groups is 1. The Morgan fingerprint density at radius 3 is 2.42 bits per heavy atom. The number of piperazine rings is 1. The lowest BCUT2D eigenvalue weighted by Crippen LogP contribution is -2.47. The summed E-state index contributed by atoms with van der Waals surface area (Å²) >= 11 is 0. The summed E-state index contributed by atoms with van der Waals surface area (Å²) in [4.78, 5) is 26.2. The summed E-state index contributed by atoms with van der Waals surface area (Å²) < 4.78 is 38.3. The first-order valence-electron chi connectivity index (χ1n) is 7.70.